The molecule has 0 bridgehead atoms. The maximum absolute atomic E-state index is 12.7. The van der Waals surface area contributed by atoms with Crippen LogP contribution in [0.5, 0.6) is 11.5 Å². The molecule has 1 aliphatic rings. The van der Waals surface area contributed by atoms with Crippen LogP contribution in [-0.2, 0) is 4.79 Å². The Labute approximate surface area is 161 Å². The van der Waals surface area contributed by atoms with Gasteiger partial charge < -0.3 is 9.47 Å². The van der Waals surface area contributed by atoms with Gasteiger partial charge in [-0.3, -0.25) is 19.7 Å². The van der Waals surface area contributed by atoms with Crippen LogP contribution >= 0.6 is 0 Å². The summed E-state index contributed by atoms with van der Waals surface area (Å²) < 4.78 is 11.1. The van der Waals surface area contributed by atoms with Crippen LogP contribution < -0.4 is 9.47 Å². The first-order valence-corrected chi connectivity index (χ1v) is 8.62. The highest BCUT2D eigenvalue weighted by Crippen LogP contribution is 2.38. The first-order chi connectivity index (χ1) is 13.1. The predicted octanol–water partition coefficient (Wildman–Crippen LogP) is 4.47. The van der Waals surface area contributed by atoms with Gasteiger partial charge in [0.1, 0.15) is 11.5 Å². The third kappa shape index (κ3) is 3.78. The minimum absolute atomic E-state index is 0.0368. The van der Waals surface area contributed by atoms with Crippen molar-refractivity contribution >= 4 is 23.5 Å². The van der Waals surface area contributed by atoms with E-state index in [0.717, 1.165) is 0 Å². The molecular formula is C21H19NO6. The molecule has 28 heavy (non-hydrogen) atoms. The molecule has 3 rings (SSSR count). The lowest BCUT2D eigenvalue weighted by Gasteiger charge is -2.16. The minimum Gasteiger partial charge on any atom is -0.452 e. The Morgan fingerprint density at radius 1 is 1.18 bits per heavy atom. The molecule has 0 atom stereocenters. The molecule has 2 aromatic carbocycles. The number of Topliss-reactive ketones (excluding diaryl/α,β-unsaturated/α-hetero) is 1. The first-order valence-electron chi connectivity index (χ1n) is 8.62. The van der Waals surface area contributed by atoms with Gasteiger partial charge in [-0.15, -0.1) is 0 Å². The summed E-state index contributed by atoms with van der Waals surface area (Å²) in [5, 5.41) is 10.7. The van der Waals surface area contributed by atoms with Gasteiger partial charge in [0.25, 0.3) is 5.69 Å². The topological polar surface area (TPSA) is 95.7 Å². The van der Waals surface area contributed by atoms with E-state index < -0.39 is 16.3 Å². The number of nitrogens with zero attached hydrogens (tertiary/aromatic N) is 1. The number of carbonyl (C=O) groups is 2. The van der Waals surface area contributed by atoms with E-state index >= 15 is 0 Å². The number of ether oxygens (including phenoxy) is 2. The van der Waals surface area contributed by atoms with Gasteiger partial charge in [-0.05, 0) is 63.1 Å². The fraction of sp³-hybridized carbons (Fsp3) is 0.238. The van der Waals surface area contributed by atoms with Crippen molar-refractivity contribution < 1.29 is 24.0 Å². The summed E-state index contributed by atoms with van der Waals surface area (Å²) in [5.74, 6) is 0.0408. The van der Waals surface area contributed by atoms with Gasteiger partial charge in [-0.25, -0.2) is 0 Å². The van der Waals surface area contributed by atoms with Crippen LogP contribution in [0.2, 0.25) is 0 Å². The van der Waals surface area contributed by atoms with Crippen LogP contribution in [0.3, 0.4) is 0 Å². The molecule has 0 saturated carbocycles. The fourth-order valence-corrected chi connectivity index (χ4v) is 2.64. The van der Waals surface area contributed by atoms with Crippen LogP contribution in [0, 0.1) is 22.5 Å². The number of carbonyl (C=O) groups excluding carboxylic acids is 2. The van der Waals surface area contributed by atoms with Crippen LogP contribution in [0.1, 0.15) is 42.3 Å². The number of rotatable bonds is 3. The van der Waals surface area contributed by atoms with E-state index in [0.29, 0.717) is 28.2 Å². The molecule has 0 radical (unpaired) electrons. The van der Waals surface area contributed by atoms with Crippen LogP contribution in [0.4, 0.5) is 5.69 Å². The van der Waals surface area contributed by atoms with Crippen molar-refractivity contribution in [2.45, 2.75) is 27.7 Å². The quantitative estimate of drug-likeness (QED) is 0.256. The Kier molecular flexibility index (Phi) is 4.77. The summed E-state index contributed by atoms with van der Waals surface area (Å²) >= 11 is 0. The van der Waals surface area contributed by atoms with E-state index in [-0.39, 0.29) is 17.2 Å². The van der Waals surface area contributed by atoms with E-state index in [9.17, 15) is 19.7 Å². The van der Waals surface area contributed by atoms with Gasteiger partial charge in [0, 0.05) is 18.2 Å². The maximum atomic E-state index is 12.7. The highest BCUT2D eigenvalue weighted by atomic mass is 16.6. The monoisotopic (exact) mass is 381 g/mol. The smallest absolute Gasteiger partial charge is 0.316 e. The van der Waals surface area contributed by atoms with E-state index in [1.807, 2.05) is 0 Å². The molecule has 0 fully saturated rings. The molecule has 2 aromatic rings. The van der Waals surface area contributed by atoms with Gasteiger partial charge >= 0.3 is 5.97 Å². The summed E-state index contributed by atoms with van der Waals surface area (Å²) in [6, 6.07) is 8.92. The lowest BCUT2D eigenvalue weighted by atomic mass is 9.97. The zero-order valence-corrected chi connectivity index (χ0v) is 15.9. The van der Waals surface area contributed by atoms with Crippen LogP contribution in [0.25, 0.3) is 6.08 Å². The summed E-state index contributed by atoms with van der Waals surface area (Å²) in [7, 11) is 0. The van der Waals surface area contributed by atoms with Crippen molar-refractivity contribution in [3.8, 4) is 11.5 Å². The number of aryl methyl sites for hydroxylation is 1. The number of fused-ring (bicyclic) bond motifs is 1. The van der Waals surface area contributed by atoms with Crippen molar-refractivity contribution in [3.05, 3.63) is 69.0 Å². The molecule has 0 saturated heterocycles. The number of non-ortho nitro benzene ring substituents is 1. The number of benzene rings is 2. The van der Waals surface area contributed by atoms with E-state index in [4.69, 9.17) is 9.47 Å². The van der Waals surface area contributed by atoms with Crippen molar-refractivity contribution in [3.63, 3.8) is 0 Å². The standard InChI is InChI=1S/C21H19NO6/c1-12-9-15(27-20(24)21(2,3)4)11-16-18(12)19(23)17(28-16)10-13-5-7-14(8-6-13)22(25)26/h5-11H,1-4H3/b17-10-. The zero-order valence-electron chi connectivity index (χ0n) is 15.9. The first kappa shape index (κ1) is 19.3. The second-order valence-electron chi connectivity index (χ2n) is 7.54. The number of nitro groups is 1. The Morgan fingerprint density at radius 3 is 2.39 bits per heavy atom. The van der Waals surface area contributed by atoms with Gasteiger partial charge in [-0.2, -0.15) is 0 Å². The molecule has 1 aliphatic heterocycles. The molecule has 7 nitrogen and oxygen atoms in total. The molecule has 0 N–H and O–H groups in total. The molecule has 0 aliphatic carbocycles. The second-order valence-corrected chi connectivity index (χ2v) is 7.54. The minimum atomic E-state index is -0.662. The Morgan fingerprint density at radius 2 is 1.82 bits per heavy atom. The molecule has 0 unspecified atom stereocenters. The summed E-state index contributed by atoms with van der Waals surface area (Å²) in [5.41, 5.74) is 0.934. The molecule has 0 amide bonds. The molecule has 144 valence electrons. The summed E-state index contributed by atoms with van der Waals surface area (Å²) in [4.78, 5) is 35.0. The highest BCUT2D eigenvalue weighted by Gasteiger charge is 2.31. The van der Waals surface area contributed by atoms with Crippen LogP contribution in [0.15, 0.2) is 42.2 Å². The van der Waals surface area contributed by atoms with Gasteiger partial charge in [-0.1, -0.05) is 0 Å². The van der Waals surface area contributed by atoms with E-state index in [2.05, 4.69) is 0 Å². The van der Waals surface area contributed by atoms with Crippen molar-refractivity contribution in [1.82, 2.24) is 0 Å². The van der Waals surface area contributed by atoms with Gasteiger partial charge in [0.15, 0.2) is 5.76 Å². The number of hydrogen-bond acceptors (Lipinski definition) is 6. The van der Waals surface area contributed by atoms with Crippen molar-refractivity contribution in [2.75, 3.05) is 0 Å². The van der Waals surface area contributed by atoms with E-state index in [1.54, 1.807) is 33.8 Å². The predicted molar refractivity (Wildman–Crippen MR) is 102 cm³/mol. The molecule has 0 aromatic heterocycles. The Balaban J connectivity index is 1.88. The number of nitro benzene ring substituents is 1. The van der Waals surface area contributed by atoms with Gasteiger partial charge in [0.05, 0.1) is 15.9 Å². The van der Waals surface area contributed by atoms with Crippen molar-refractivity contribution in [1.29, 1.82) is 0 Å². The average Bonchev–Trinajstić information content (AvgIpc) is 2.90. The molecule has 7 heteroatoms. The number of esters is 1. The zero-order chi connectivity index (χ0) is 20.6. The van der Waals surface area contributed by atoms with Crippen LogP contribution in [-0.4, -0.2) is 16.7 Å². The summed E-state index contributed by atoms with van der Waals surface area (Å²) in [6.07, 6.45) is 1.52. The SMILES string of the molecule is Cc1cc(OC(=O)C(C)(C)C)cc2c1C(=O)/C(=C/c1ccc([N+](=O)[O-])cc1)O2. The fourth-order valence-electron chi connectivity index (χ4n) is 2.64. The number of allylic oxidation sites excluding steroid dienone is 1. The normalized spacial score (nSPS) is 14.6. The van der Waals surface area contributed by atoms with Crippen molar-refractivity contribution in [2.24, 2.45) is 5.41 Å². The third-order valence-electron chi connectivity index (χ3n) is 4.17. The molecular weight excluding hydrogens is 362 g/mol. The number of ketones is 1. The lowest BCUT2D eigenvalue weighted by molar-refractivity contribution is -0.384. The highest BCUT2D eigenvalue weighted by molar-refractivity contribution is 6.15. The second kappa shape index (κ2) is 6.92. The van der Waals surface area contributed by atoms with E-state index in [1.165, 1.54) is 36.4 Å². The maximum Gasteiger partial charge on any atom is 0.316 e. The molecule has 1 heterocycles. The lowest BCUT2D eigenvalue weighted by Crippen LogP contribution is -2.25. The average molecular weight is 381 g/mol. The largest absolute Gasteiger partial charge is 0.452 e. The van der Waals surface area contributed by atoms with Gasteiger partial charge in [0.2, 0.25) is 5.78 Å². The third-order valence-corrected chi connectivity index (χ3v) is 4.17. The Bertz CT molecular complexity index is 1010. The number of hydrogen-bond donors (Lipinski definition) is 0. The Hall–Kier alpha value is -3.48. The summed E-state index contributed by atoms with van der Waals surface area (Å²) in [6.45, 7) is 6.99. The molecule has 0 spiro atoms.